The summed E-state index contributed by atoms with van der Waals surface area (Å²) in [5.41, 5.74) is 5.90. The van der Waals surface area contributed by atoms with Crippen molar-refractivity contribution in [2.75, 3.05) is 38.3 Å². The summed E-state index contributed by atoms with van der Waals surface area (Å²) >= 11 is 0. The molecule has 0 saturated heterocycles. The van der Waals surface area contributed by atoms with E-state index >= 15 is 0 Å². The number of carboxylic acid groups (broad SMARTS) is 1. The summed E-state index contributed by atoms with van der Waals surface area (Å²) in [7, 11) is 1.67. The van der Waals surface area contributed by atoms with Crippen LogP contribution in [-0.4, -0.2) is 55.5 Å². The van der Waals surface area contributed by atoms with Gasteiger partial charge in [-0.05, 0) is 60.2 Å². The molecule has 33 heavy (non-hydrogen) atoms. The van der Waals surface area contributed by atoms with E-state index in [0.717, 1.165) is 48.8 Å². The van der Waals surface area contributed by atoms with Gasteiger partial charge in [0.25, 0.3) is 0 Å². The van der Waals surface area contributed by atoms with E-state index in [9.17, 15) is 9.59 Å². The number of carboxylic acids is 1. The molecule has 0 unspecified atom stereocenters. The second-order valence-electron chi connectivity index (χ2n) is 8.12. The van der Waals surface area contributed by atoms with Crippen LogP contribution in [0.5, 0.6) is 11.5 Å². The van der Waals surface area contributed by atoms with Crippen LogP contribution >= 0.6 is 0 Å². The van der Waals surface area contributed by atoms with E-state index in [-0.39, 0.29) is 0 Å². The molecule has 0 saturated carbocycles. The number of hydrogen-bond acceptors (Lipinski definition) is 7. The number of rotatable bonds is 6. The third-order valence-electron chi connectivity index (χ3n) is 6.00. The van der Waals surface area contributed by atoms with Gasteiger partial charge in [-0.15, -0.1) is 5.06 Å². The first kappa shape index (κ1) is 22.7. The maximum atomic E-state index is 11.9. The summed E-state index contributed by atoms with van der Waals surface area (Å²) in [6.45, 7) is 5.37. The van der Waals surface area contributed by atoms with Gasteiger partial charge in [-0.25, -0.2) is 9.59 Å². The Hall–Kier alpha value is -3.52. The lowest BCUT2D eigenvalue weighted by Gasteiger charge is -2.34. The van der Waals surface area contributed by atoms with Gasteiger partial charge in [0.1, 0.15) is 18.1 Å². The largest absolute Gasteiger partial charge is 0.497 e. The Balaban J connectivity index is 1.53. The highest BCUT2D eigenvalue weighted by Crippen LogP contribution is 2.40. The molecule has 0 fully saturated rings. The number of carbonyl (C=O) groups excluding carboxylic acids is 1. The van der Waals surface area contributed by atoms with Gasteiger partial charge in [-0.2, -0.15) is 0 Å². The fourth-order valence-corrected chi connectivity index (χ4v) is 4.47. The number of carbonyl (C=O) groups is 2. The summed E-state index contributed by atoms with van der Waals surface area (Å²) in [5, 5.41) is 10.3. The monoisotopic (exact) mass is 452 g/mol. The van der Waals surface area contributed by atoms with Crippen molar-refractivity contribution in [3.63, 3.8) is 0 Å². The van der Waals surface area contributed by atoms with Crippen LogP contribution in [0.1, 0.15) is 22.3 Å². The van der Waals surface area contributed by atoms with Crippen molar-refractivity contribution in [2.45, 2.75) is 26.3 Å². The minimum atomic E-state index is -1.19. The van der Waals surface area contributed by atoms with Crippen LogP contribution in [0.3, 0.4) is 0 Å². The molecule has 0 bridgehead atoms. The summed E-state index contributed by atoms with van der Waals surface area (Å²) in [5.74, 6) is -0.148. The molecular weight excluding hydrogens is 424 g/mol. The molecule has 4 rings (SSSR count). The van der Waals surface area contributed by atoms with Crippen LogP contribution in [0.2, 0.25) is 0 Å². The van der Waals surface area contributed by atoms with Gasteiger partial charge in [0.05, 0.1) is 19.3 Å². The third kappa shape index (κ3) is 5.28. The molecule has 2 aliphatic rings. The van der Waals surface area contributed by atoms with E-state index in [1.807, 2.05) is 12.1 Å². The molecule has 0 spiro atoms. The van der Waals surface area contributed by atoms with Gasteiger partial charge in [-0.3, -0.25) is 0 Å². The SMILES string of the molecule is COc1cccc(CN2CCOc3cc4c(c(C)c32)CCN(OC(=O)/C=C/C(=O)O)CC4)c1. The van der Waals surface area contributed by atoms with Crippen LogP contribution in [-0.2, 0) is 33.8 Å². The van der Waals surface area contributed by atoms with Gasteiger partial charge >= 0.3 is 11.9 Å². The standard InChI is InChI=1S/C25H28N2O6/c1-17-21-9-11-27(33-24(30)7-6-23(28)29)10-8-19(21)15-22-25(17)26(12-13-32-22)16-18-4-3-5-20(14-18)31-2/h3-7,14-15H,8-13,16H2,1-2H3,(H,28,29)/b7-6+. The molecular formula is C25H28N2O6. The first-order valence-electron chi connectivity index (χ1n) is 11.0. The van der Waals surface area contributed by atoms with Gasteiger partial charge in [0.2, 0.25) is 0 Å². The summed E-state index contributed by atoms with van der Waals surface area (Å²) in [4.78, 5) is 30.2. The number of benzene rings is 2. The van der Waals surface area contributed by atoms with Gasteiger partial charge in [0, 0.05) is 31.8 Å². The molecule has 174 valence electrons. The Kier molecular flexibility index (Phi) is 6.84. The quantitative estimate of drug-likeness (QED) is 0.670. The Morgan fingerprint density at radius 1 is 1.15 bits per heavy atom. The van der Waals surface area contributed by atoms with Gasteiger partial charge < -0.3 is 24.3 Å². The predicted molar refractivity (Wildman–Crippen MR) is 123 cm³/mol. The second-order valence-corrected chi connectivity index (χ2v) is 8.12. The van der Waals surface area contributed by atoms with E-state index in [1.54, 1.807) is 12.2 Å². The number of ether oxygens (including phenoxy) is 2. The highest BCUT2D eigenvalue weighted by molar-refractivity contribution is 5.90. The zero-order valence-electron chi connectivity index (χ0n) is 18.9. The van der Waals surface area contributed by atoms with E-state index in [2.05, 4.69) is 30.0 Å². The van der Waals surface area contributed by atoms with E-state index in [0.29, 0.717) is 26.1 Å². The zero-order chi connectivity index (χ0) is 23.4. The molecule has 2 aliphatic heterocycles. The smallest absolute Gasteiger partial charge is 0.349 e. The highest BCUT2D eigenvalue weighted by Gasteiger charge is 2.27. The van der Waals surface area contributed by atoms with Crippen LogP contribution in [0.4, 0.5) is 5.69 Å². The lowest BCUT2D eigenvalue weighted by atomic mass is 9.94. The molecule has 0 aromatic heterocycles. The lowest BCUT2D eigenvalue weighted by Crippen LogP contribution is -2.33. The fraction of sp³-hybridized carbons (Fsp3) is 0.360. The highest BCUT2D eigenvalue weighted by atomic mass is 16.7. The predicted octanol–water partition coefficient (Wildman–Crippen LogP) is 2.90. The van der Waals surface area contributed by atoms with Crippen LogP contribution < -0.4 is 14.4 Å². The summed E-state index contributed by atoms with van der Waals surface area (Å²) < 4.78 is 11.4. The molecule has 0 radical (unpaired) electrons. The molecule has 0 amide bonds. The normalized spacial score (nSPS) is 15.9. The van der Waals surface area contributed by atoms with Crippen molar-refractivity contribution in [1.82, 2.24) is 5.06 Å². The van der Waals surface area contributed by atoms with Crippen LogP contribution in [0.25, 0.3) is 0 Å². The summed E-state index contributed by atoms with van der Waals surface area (Å²) in [6, 6.07) is 10.2. The molecule has 2 aromatic rings. The molecule has 0 atom stereocenters. The average molecular weight is 453 g/mol. The lowest BCUT2D eigenvalue weighted by molar-refractivity contribution is -0.183. The number of anilines is 1. The van der Waals surface area contributed by atoms with Crippen molar-refractivity contribution >= 4 is 17.6 Å². The molecule has 8 heteroatoms. The number of methoxy groups -OCH3 is 1. The summed E-state index contributed by atoms with van der Waals surface area (Å²) in [6.07, 6.45) is 3.13. The van der Waals surface area contributed by atoms with E-state index in [1.165, 1.54) is 22.3 Å². The Morgan fingerprint density at radius 2 is 1.97 bits per heavy atom. The maximum absolute atomic E-state index is 11.9. The molecule has 2 aromatic carbocycles. The topological polar surface area (TPSA) is 88.5 Å². The van der Waals surface area contributed by atoms with Crippen LogP contribution in [0.15, 0.2) is 42.5 Å². The number of fused-ring (bicyclic) bond motifs is 2. The molecule has 8 nitrogen and oxygen atoms in total. The fourth-order valence-electron chi connectivity index (χ4n) is 4.47. The Labute approximate surface area is 192 Å². The van der Waals surface area contributed by atoms with E-state index < -0.39 is 11.9 Å². The van der Waals surface area contributed by atoms with Crippen molar-refractivity contribution in [3.8, 4) is 11.5 Å². The van der Waals surface area contributed by atoms with Crippen molar-refractivity contribution < 1.29 is 29.0 Å². The first-order valence-corrected chi connectivity index (χ1v) is 11.0. The Bertz CT molecular complexity index is 1080. The molecule has 0 aliphatic carbocycles. The number of hydroxylamine groups is 2. The van der Waals surface area contributed by atoms with Crippen molar-refractivity contribution in [2.24, 2.45) is 0 Å². The number of hydrogen-bond donors (Lipinski definition) is 1. The number of nitrogens with zero attached hydrogens (tertiary/aromatic N) is 2. The first-order chi connectivity index (χ1) is 15.9. The van der Waals surface area contributed by atoms with Gasteiger partial charge in [-0.1, -0.05) is 12.1 Å². The average Bonchev–Trinajstić information content (AvgIpc) is 3.00. The van der Waals surface area contributed by atoms with E-state index in [4.69, 9.17) is 19.4 Å². The Morgan fingerprint density at radius 3 is 2.76 bits per heavy atom. The second kappa shape index (κ2) is 9.95. The van der Waals surface area contributed by atoms with Crippen molar-refractivity contribution in [1.29, 1.82) is 0 Å². The molecule has 2 heterocycles. The molecule has 1 N–H and O–H groups in total. The third-order valence-corrected chi connectivity index (χ3v) is 6.00. The number of aliphatic carboxylic acids is 1. The van der Waals surface area contributed by atoms with Crippen molar-refractivity contribution in [3.05, 3.63) is 64.7 Å². The maximum Gasteiger partial charge on any atom is 0.349 e. The van der Waals surface area contributed by atoms with Gasteiger partial charge in [0.15, 0.2) is 0 Å². The minimum Gasteiger partial charge on any atom is -0.497 e. The zero-order valence-corrected chi connectivity index (χ0v) is 18.9. The minimum absolute atomic E-state index is 0.533. The van der Waals surface area contributed by atoms with Crippen LogP contribution in [0, 0.1) is 6.92 Å².